The van der Waals surface area contributed by atoms with Crippen LogP contribution in [0.3, 0.4) is 0 Å². The van der Waals surface area contributed by atoms with E-state index in [4.69, 9.17) is 0 Å². The zero-order chi connectivity index (χ0) is 17.8. The molecule has 0 bridgehead atoms. The van der Waals surface area contributed by atoms with Crippen LogP contribution in [0, 0.1) is 6.92 Å². The van der Waals surface area contributed by atoms with Crippen molar-refractivity contribution in [3.63, 3.8) is 0 Å². The summed E-state index contributed by atoms with van der Waals surface area (Å²) in [7, 11) is 3.78. The van der Waals surface area contributed by atoms with E-state index >= 15 is 0 Å². The summed E-state index contributed by atoms with van der Waals surface area (Å²) < 4.78 is 1.90. The lowest BCUT2D eigenvalue weighted by Crippen LogP contribution is -2.23. The van der Waals surface area contributed by atoms with Gasteiger partial charge in [0.25, 0.3) is 5.91 Å². The number of hydrogen-bond acceptors (Lipinski definition) is 5. The third-order valence-corrected chi connectivity index (χ3v) is 3.80. The van der Waals surface area contributed by atoms with E-state index in [1.807, 2.05) is 48.8 Å². The fourth-order valence-electron chi connectivity index (χ4n) is 2.41. The number of imidazole rings is 1. The Morgan fingerprint density at radius 3 is 2.64 bits per heavy atom. The minimum Gasteiger partial charge on any atom is -0.363 e. The van der Waals surface area contributed by atoms with E-state index in [2.05, 4.69) is 20.3 Å². The maximum absolute atomic E-state index is 12.4. The van der Waals surface area contributed by atoms with Crippen molar-refractivity contribution in [2.75, 3.05) is 19.0 Å². The van der Waals surface area contributed by atoms with E-state index in [1.165, 1.54) is 0 Å². The van der Waals surface area contributed by atoms with E-state index in [9.17, 15) is 4.79 Å². The molecule has 25 heavy (non-hydrogen) atoms. The Hall–Kier alpha value is -3.22. The second kappa shape index (κ2) is 7.12. The molecule has 3 heterocycles. The molecule has 1 N–H and O–H groups in total. The van der Waals surface area contributed by atoms with Gasteiger partial charge in [-0.25, -0.2) is 15.0 Å². The quantitative estimate of drug-likeness (QED) is 0.771. The Balaban J connectivity index is 1.70. The number of rotatable bonds is 5. The summed E-state index contributed by atoms with van der Waals surface area (Å²) in [6, 6.07) is 7.29. The summed E-state index contributed by atoms with van der Waals surface area (Å²) in [4.78, 5) is 27.0. The number of nitrogens with zero attached hydrogens (tertiary/aromatic N) is 5. The Kier molecular flexibility index (Phi) is 4.74. The number of pyridine rings is 2. The van der Waals surface area contributed by atoms with Gasteiger partial charge in [-0.15, -0.1) is 0 Å². The minimum absolute atomic E-state index is 0.136. The Morgan fingerprint density at radius 1 is 1.12 bits per heavy atom. The van der Waals surface area contributed by atoms with Crippen molar-refractivity contribution in [1.29, 1.82) is 0 Å². The van der Waals surface area contributed by atoms with E-state index in [0.29, 0.717) is 12.1 Å². The van der Waals surface area contributed by atoms with Crippen LogP contribution in [0.4, 0.5) is 5.82 Å². The summed E-state index contributed by atoms with van der Waals surface area (Å²) in [6.45, 7) is 2.34. The number of carbonyl (C=O) groups excluding carboxylic acids is 1. The van der Waals surface area contributed by atoms with Gasteiger partial charge in [0.2, 0.25) is 0 Å². The van der Waals surface area contributed by atoms with Gasteiger partial charge in [0, 0.05) is 51.0 Å². The molecule has 0 fully saturated rings. The summed E-state index contributed by atoms with van der Waals surface area (Å²) >= 11 is 0. The summed E-state index contributed by atoms with van der Waals surface area (Å²) in [5.74, 6) is 2.25. The molecule has 0 aliphatic heterocycles. The van der Waals surface area contributed by atoms with Crippen LogP contribution in [0.5, 0.6) is 0 Å². The number of hydrogen-bond donors (Lipinski definition) is 1. The highest BCUT2D eigenvalue weighted by atomic mass is 16.1. The third-order valence-electron chi connectivity index (χ3n) is 3.80. The fourth-order valence-corrected chi connectivity index (χ4v) is 2.41. The first-order valence-corrected chi connectivity index (χ1v) is 7.91. The predicted octanol–water partition coefficient (Wildman–Crippen LogP) is 1.97. The maximum atomic E-state index is 12.4. The largest absolute Gasteiger partial charge is 0.363 e. The van der Waals surface area contributed by atoms with Gasteiger partial charge in [-0.05, 0) is 36.8 Å². The lowest BCUT2D eigenvalue weighted by molar-refractivity contribution is 0.0951. The van der Waals surface area contributed by atoms with E-state index in [1.54, 1.807) is 30.7 Å². The standard InChI is InChI=1S/C18H20N6O/c1-13-19-8-9-24(13)17-10-14(4-6-21-17)12-22-18(25)15-5-7-20-16(11-15)23(2)3/h4-11H,12H2,1-3H3,(H,22,25). The molecular formula is C18H20N6O. The average Bonchev–Trinajstić information content (AvgIpc) is 3.06. The molecule has 1 amide bonds. The second-order valence-electron chi connectivity index (χ2n) is 5.85. The van der Waals surface area contributed by atoms with Crippen molar-refractivity contribution in [3.05, 3.63) is 66.0 Å². The van der Waals surface area contributed by atoms with Crippen LogP contribution in [0.25, 0.3) is 5.82 Å². The lowest BCUT2D eigenvalue weighted by atomic mass is 10.2. The smallest absolute Gasteiger partial charge is 0.251 e. The molecule has 0 aliphatic carbocycles. The SMILES string of the molecule is Cc1nccn1-c1cc(CNC(=O)c2ccnc(N(C)C)c2)ccn1. The maximum Gasteiger partial charge on any atom is 0.251 e. The zero-order valence-corrected chi connectivity index (χ0v) is 14.5. The fraction of sp³-hybridized carbons (Fsp3) is 0.222. The number of anilines is 1. The first-order valence-electron chi connectivity index (χ1n) is 7.91. The zero-order valence-electron chi connectivity index (χ0n) is 14.5. The van der Waals surface area contributed by atoms with E-state index in [0.717, 1.165) is 23.0 Å². The monoisotopic (exact) mass is 336 g/mol. The predicted molar refractivity (Wildman–Crippen MR) is 95.8 cm³/mol. The van der Waals surface area contributed by atoms with Crippen molar-refractivity contribution >= 4 is 11.7 Å². The highest BCUT2D eigenvalue weighted by Crippen LogP contribution is 2.11. The molecule has 0 aromatic carbocycles. The number of aromatic nitrogens is 4. The molecule has 0 saturated heterocycles. The van der Waals surface area contributed by atoms with Crippen molar-refractivity contribution in [2.24, 2.45) is 0 Å². The van der Waals surface area contributed by atoms with Gasteiger partial charge in [0.05, 0.1) is 0 Å². The number of carbonyl (C=O) groups is 1. The normalized spacial score (nSPS) is 10.5. The highest BCUT2D eigenvalue weighted by molar-refractivity contribution is 5.94. The number of amides is 1. The Labute approximate surface area is 146 Å². The molecule has 7 nitrogen and oxygen atoms in total. The molecule has 128 valence electrons. The number of aryl methyl sites for hydroxylation is 1. The molecule has 0 spiro atoms. The third kappa shape index (κ3) is 3.82. The summed E-state index contributed by atoms with van der Waals surface area (Å²) in [6.07, 6.45) is 6.96. The van der Waals surface area contributed by atoms with Crippen molar-refractivity contribution in [1.82, 2.24) is 24.8 Å². The van der Waals surface area contributed by atoms with Crippen LogP contribution in [-0.2, 0) is 6.54 Å². The molecule has 0 unspecified atom stereocenters. The van der Waals surface area contributed by atoms with Gasteiger partial charge >= 0.3 is 0 Å². The topological polar surface area (TPSA) is 75.9 Å². The van der Waals surface area contributed by atoms with E-state index < -0.39 is 0 Å². The van der Waals surface area contributed by atoms with Gasteiger partial charge in [-0.3, -0.25) is 9.36 Å². The van der Waals surface area contributed by atoms with Crippen LogP contribution in [0.2, 0.25) is 0 Å². The summed E-state index contributed by atoms with van der Waals surface area (Å²) in [5.41, 5.74) is 1.55. The van der Waals surface area contributed by atoms with Crippen LogP contribution in [0.1, 0.15) is 21.7 Å². The van der Waals surface area contributed by atoms with Crippen molar-refractivity contribution in [3.8, 4) is 5.82 Å². The molecule has 0 aliphatic rings. The van der Waals surface area contributed by atoms with Gasteiger partial charge in [0.15, 0.2) is 0 Å². The molecular weight excluding hydrogens is 316 g/mol. The van der Waals surface area contributed by atoms with Gasteiger partial charge in [-0.2, -0.15) is 0 Å². The highest BCUT2D eigenvalue weighted by Gasteiger charge is 2.09. The average molecular weight is 336 g/mol. The van der Waals surface area contributed by atoms with Crippen LogP contribution in [-0.4, -0.2) is 39.5 Å². The summed E-state index contributed by atoms with van der Waals surface area (Å²) in [5, 5.41) is 2.93. The Bertz CT molecular complexity index is 887. The Morgan fingerprint density at radius 2 is 1.92 bits per heavy atom. The van der Waals surface area contributed by atoms with Gasteiger partial charge < -0.3 is 10.2 Å². The van der Waals surface area contributed by atoms with Gasteiger partial charge in [0.1, 0.15) is 17.5 Å². The number of nitrogens with one attached hydrogen (secondary N) is 1. The van der Waals surface area contributed by atoms with Crippen LogP contribution in [0.15, 0.2) is 49.1 Å². The molecule has 3 rings (SSSR count). The molecule has 7 heteroatoms. The van der Waals surface area contributed by atoms with Crippen molar-refractivity contribution < 1.29 is 4.79 Å². The lowest BCUT2D eigenvalue weighted by Gasteiger charge is -2.12. The van der Waals surface area contributed by atoms with E-state index in [-0.39, 0.29) is 5.91 Å². The van der Waals surface area contributed by atoms with Gasteiger partial charge in [-0.1, -0.05) is 0 Å². The van der Waals surface area contributed by atoms with Crippen LogP contribution >= 0.6 is 0 Å². The molecule has 0 atom stereocenters. The molecule has 0 radical (unpaired) electrons. The van der Waals surface area contributed by atoms with Crippen LogP contribution < -0.4 is 10.2 Å². The molecule has 0 saturated carbocycles. The first kappa shape index (κ1) is 16.6. The second-order valence-corrected chi connectivity index (χ2v) is 5.85. The minimum atomic E-state index is -0.136. The first-order chi connectivity index (χ1) is 12.0. The molecule has 3 aromatic rings. The van der Waals surface area contributed by atoms with Crippen molar-refractivity contribution in [2.45, 2.75) is 13.5 Å². The molecule has 3 aromatic heterocycles.